The first-order chi connectivity index (χ1) is 8.22. The Kier molecular flexibility index (Phi) is 3.71. The fraction of sp³-hybridized carbons (Fsp3) is 0.364. The van der Waals surface area contributed by atoms with E-state index < -0.39 is 6.04 Å². The molecule has 1 aromatic heterocycles. The summed E-state index contributed by atoms with van der Waals surface area (Å²) in [5.74, 6) is -0.189. The van der Waals surface area contributed by atoms with Gasteiger partial charge in [0.2, 0.25) is 0 Å². The lowest BCUT2D eigenvalue weighted by Gasteiger charge is -2.31. The Bertz CT molecular complexity index is 454. The van der Waals surface area contributed by atoms with E-state index >= 15 is 0 Å². The summed E-state index contributed by atoms with van der Waals surface area (Å²) in [5.41, 5.74) is 0.371. The van der Waals surface area contributed by atoms with Crippen molar-refractivity contribution in [1.82, 2.24) is 15.2 Å². The molecule has 2 heterocycles. The number of piperazine rings is 1. The maximum atomic E-state index is 12.1. The minimum absolute atomic E-state index is 0.189. The summed E-state index contributed by atoms with van der Waals surface area (Å²) in [6.07, 6.45) is 1.58. The minimum atomic E-state index is -0.415. The van der Waals surface area contributed by atoms with Gasteiger partial charge in [0.25, 0.3) is 5.91 Å². The number of carbonyl (C=O) groups is 1. The van der Waals surface area contributed by atoms with Crippen LogP contribution >= 0.6 is 15.9 Å². The van der Waals surface area contributed by atoms with Gasteiger partial charge >= 0.3 is 0 Å². The molecule has 0 aromatic carbocycles. The highest BCUT2D eigenvalue weighted by atomic mass is 79.9. The molecule has 1 N–H and O–H groups in total. The van der Waals surface area contributed by atoms with Crippen LogP contribution in [0.3, 0.4) is 0 Å². The molecule has 5 nitrogen and oxygen atoms in total. The van der Waals surface area contributed by atoms with Crippen LogP contribution in [0.4, 0.5) is 0 Å². The Hall–Kier alpha value is -1.45. The monoisotopic (exact) mass is 294 g/mol. The van der Waals surface area contributed by atoms with Crippen LogP contribution in [-0.2, 0) is 0 Å². The van der Waals surface area contributed by atoms with E-state index in [1.54, 1.807) is 23.2 Å². The lowest BCUT2D eigenvalue weighted by atomic mass is 10.2. The molecule has 2 rings (SSSR count). The van der Waals surface area contributed by atoms with E-state index in [4.69, 9.17) is 5.26 Å². The molecule has 88 valence electrons. The van der Waals surface area contributed by atoms with Gasteiger partial charge in [-0.2, -0.15) is 5.26 Å². The zero-order chi connectivity index (χ0) is 12.3. The molecule has 1 unspecified atom stereocenters. The minimum Gasteiger partial charge on any atom is -0.319 e. The third kappa shape index (κ3) is 2.62. The molecule has 17 heavy (non-hydrogen) atoms. The van der Waals surface area contributed by atoms with Crippen LogP contribution in [-0.4, -0.2) is 41.5 Å². The second-order valence-corrected chi connectivity index (χ2v) is 4.62. The fourth-order valence-corrected chi connectivity index (χ4v) is 1.95. The first kappa shape index (κ1) is 12.0. The van der Waals surface area contributed by atoms with Crippen molar-refractivity contribution in [3.05, 3.63) is 28.5 Å². The van der Waals surface area contributed by atoms with Crippen molar-refractivity contribution in [2.75, 3.05) is 19.6 Å². The third-order valence-electron chi connectivity index (χ3n) is 2.60. The number of nitriles is 1. The molecular weight excluding hydrogens is 284 g/mol. The standard InChI is InChI=1S/C11H11BrN4O/c12-8-1-2-10(15-6-8)11(17)16-4-3-14-7-9(16)5-13/h1-2,6,9,14H,3-4,7H2. The van der Waals surface area contributed by atoms with Gasteiger partial charge in [-0.15, -0.1) is 0 Å². The lowest BCUT2D eigenvalue weighted by molar-refractivity contribution is 0.0681. The summed E-state index contributed by atoms with van der Waals surface area (Å²) in [6.45, 7) is 1.76. The maximum Gasteiger partial charge on any atom is 0.273 e. The van der Waals surface area contributed by atoms with E-state index in [-0.39, 0.29) is 5.91 Å². The zero-order valence-electron chi connectivity index (χ0n) is 9.06. The van der Waals surface area contributed by atoms with Crippen molar-refractivity contribution in [1.29, 1.82) is 5.26 Å². The molecule has 0 radical (unpaired) electrons. The van der Waals surface area contributed by atoms with Crippen LogP contribution in [0.5, 0.6) is 0 Å². The molecule has 6 heteroatoms. The van der Waals surface area contributed by atoms with Gasteiger partial charge in [-0.05, 0) is 28.1 Å². The Morgan fingerprint density at radius 2 is 2.47 bits per heavy atom. The smallest absolute Gasteiger partial charge is 0.273 e. The van der Waals surface area contributed by atoms with Gasteiger partial charge in [-0.25, -0.2) is 4.98 Å². The van der Waals surface area contributed by atoms with Crippen LogP contribution in [0.15, 0.2) is 22.8 Å². The van der Waals surface area contributed by atoms with E-state index in [9.17, 15) is 4.79 Å². The predicted molar refractivity (Wildman–Crippen MR) is 65.2 cm³/mol. The van der Waals surface area contributed by atoms with Crippen LogP contribution < -0.4 is 5.32 Å². The van der Waals surface area contributed by atoms with Gasteiger partial charge < -0.3 is 10.2 Å². The first-order valence-electron chi connectivity index (χ1n) is 5.25. The van der Waals surface area contributed by atoms with Crippen molar-refractivity contribution in [3.8, 4) is 6.07 Å². The SMILES string of the molecule is N#CC1CNCCN1C(=O)c1ccc(Br)cn1. The third-order valence-corrected chi connectivity index (χ3v) is 3.07. The second kappa shape index (κ2) is 5.25. The highest BCUT2D eigenvalue weighted by Crippen LogP contribution is 2.11. The average Bonchev–Trinajstić information content (AvgIpc) is 2.39. The number of rotatable bonds is 1. The maximum absolute atomic E-state index is 12.1. The normalized spacial score (nSPS) is 19.8. The highest BCUT2D eigenvalue weighted by Gasteiger charge is 2.27. The number of hydrogen-bond donors (Lipinski definition) is 1. The van der Waals surface area contributed by atoms with Crippen LogP contribution in [0.1, 0.15) is 10.5 Å². The Labute approximate surface area is 108 Å². The van der Waals surface area contributed by atoms with Gasteiger partial charge in [0.15, 0.2) is 0 Å². The molecule has 0 saturated carbocycles. The number of amides is 1. The summed E-state index contributed by atoms with van der Waals surface area (Å²) in [4.78, 5) is 17.8. The van der Waals surface area contributed by atoms with Crippen molar-refractivity contribution in [2.24, 2.45) is 0 Å². The first-order valence-corrected chi connectivity index (χ1v) is 6.04. The van der Waals surface area contributed by atoms with Crippen molar-refractivity contribution in [3.63, 3.8) is 0 Å². The number of carbonyl (C=O) groups excluding carboxylic acids is 1. The van der Waals surface area contributed by atoms with Crippen molar-refractivity contribution in [2.45, 2.75) is 6.04 Å². The lowest BCUT2D eigenvalue weighted by Crippen LogP contribution is -2.53. The summed E-state index contributed by atoms with van der Waals surface area (Å²) in [7, 11) is 0. The summed E-state index contributed by atoms with van der Waals surface area (Å²) in [6, 6.07) is 5.13. The van der Waals surface area contributed by atoms with E-state index in [2.05, 4.69) is 32.3 Å². The van der Waals surface area contributed by atoms with Gasteiger partial charge in [-0.1, -0.05) is 0 Å². The quantitative estimate of drug-likeness (QED) is 0.831. The Morgan fingerprint density at radius 1 is 1.65 bits per heavy atom. The number of nitrogens with one attached hydrogen (secondary N) is 1. The number of aromatic nitrogens is 1. The average molecular weight is 295 g/mol. The van der Waals surface area contributed by atoms with Crippen LogP contribution in [0.2, 0.25) is 0 Å². The molecular formula is C11H11BrN4O. The van der Waals surface area contributed by atoms with Gasteiger partial charge in [-0.3, -0.25) is 4.79 Å². The molecule has 1 amide bonds. The van der Waals surface area contributed by atoms with Crippen molar-refractivity contribution >= 4 is 21.8 Å². The number of hydrogen-bond acceptors (Lipinski definition) is 4. The Morgan fingerprint density at radius 3 is 3.12 bits per heavy atom. The topological polar surface area (TPSA) is 69.0 Å². The number of halogens is 1. The molecule has 1 fully saturated rings. The second-order valence-electron chi connectivity index (χ2n) is 3.71. The largest absolute Gasteiger partial charge is 0.319 e. The van der Waals surface area contributed by atoms with Gasteiger partial charge in [0.1, 0.15) is 11.7 Å². The highest BCUT2D eigenvalue weighted by molar-refractivity contribution is 9.10. The summed E-state index contributed by atoms with van der Waals surface area (Å²) in [5, 5.41) is 12.1. The van der Waals surface area contributed by atoms with E-state index in [1.807, 2.05) is 0 Å². The summed E-state index contributed by atoms with van der Waals surface area (Å²) < 4.78 is 0.825. The molecule has 0 spiro atoms. The van der Waals surface area contributed by atoms with E-state index in [0.29, 0.717) is 25.3 Å². The molecule has 1 saturated heterocycles. The molecule has 1 aliphatic heterocycles. The zero-order valence-corrected chi connectivity index (χ0v) is 10.6. The van der Waals surface area contributed by atoms with E-state index in [1.165, 1.54) is 0 Å². The van der Waals surface area contributed by atoms with E-state index in [0.717, 1.165) is 4.47 Å². The fourth-order valence-electron chi connectivity index (χ4n) is 1.71. The van der Waals surface area contributed by atoms with Crippen LogP contribution in [0, 0.1) is 11.3 Å². The predicted octanol–water partition coefficient (Wildman–Crippen LogP) is 0.782. The molecule has 1 atom stereocenters. The molecule has 1 aromatic rings. The molecule has 0 aliphatic carbocycles. The summed E-state index contributed by atoms with van der Waals surface area (Å²) >= 11 is 3.27. The molecule has 1 aliphatic rings. The number of nitrogens with zero attached hydrogens (tertiary/aromatic N) is 3. The molecule has 0 bridgehead atoms. The number of pyridine rings is 1. The Balaban J connectivity index is 2.18. The van der Waals surface area contributed by atoms with Crippen molar-refractivity contribution < 1.29 is 4.79 Å². The van der Waals surface area contributed by atoms with Gasteiger partial charge in [0.05, 0.1) is 6.07 Å². The van der Waals surface area contributed by atoms with Crippen LogP contribution in [0.25, 0.3) is 0 Å². The van der Waals surface area contributed by atoms with Gasteiger partial charge in [0, 0.05) is 30.3 Å².